The standard InChI is InChI=1S/C18H20N4O2/c1-4-23-18(24-5-2)17(11-20)14(13-9-7-6-8-12(13)3)16(17,10-19)15(21)22-18/h6-9,14H,4-5H2,1-3H3,(H2,21,22)/t14-,16-,17-/m0/s1. The molecule has 0 radical (unpaired) electrons. The van der Waals surface area contributed by atoms with Gasteiger partial charge < -0.3 is 15.2 Å². The Morgan fingerprint density at radius 2 is 1.79 bits per heavy atom. The van der Waals surface area contributed by atoms with E-state index in [-0.39, 0.29) is 5.84 Å². The van der Waals surface area contributed by atoms with E-state index in [9.17, 15) is 10.5 Å². The van der Waals surface area contributed by atoms with Crippen molar-refractivity contribution in [2.24, 2.45) is 21.6 Å². The van der Waals surface area contributed by atoms with Crippen LogP contribution in [-0.4, -0.2) is 25.0 Å². The summed E-state index contributed by atoms with van der Waals surface area (Å²) in [5, 5.41) is 20.1. The molecule has 6 nitrogen and oxygen atoms in total. The molecule has 0 aromatic heterocycles. The quantitative estimate of drug-likeness (QED) is 0.836. The van der Waals surface area contributed by atoms with E-state index in [1.807, 2.05) is 31.2 Å². The Morgan fingerprint density at radius 3 is 2.29 bits per heavy atom. The van der Waals surface area contributed by atoms with Crippen molar-refractivity contribution in [3.8, 4) is 12.1 Å². The van der Waals surface area contributed by atoms with E-state index in [2.05, 4.69) is 17.1 Å². The smallest absolute Gasteiger partial charge is 0.293 e. The van der Waals surface area contributed by atoms with E-state index in [1.54, 1.807) is 13.8 Å². The molecule has 0 amide bonds. The average molecular weight is 324 g/mol. The molecule has 3 atom stereocenters. The van der Waals surface area contributed by atoms with Gasteiger partial charge in [-0.05, 0) is 31.9 Å². The number of aliphatic imine (C=N–C) groups is 1. The lowest BCUT2D eigenvalue weighted by molar-refractivity contribution is -0.255. The molecule has 6 heteroatoms. The van der Waals surface area contributed by atoms with Gasteiger partial charge in [0, 0.05) is 19.1 Å². The number of aryl methyl sites for hydroxylation is 1. The molecular weight excluding hydrogens is 304 g/mol. The topological polar surface area (TPSA) is 104 Å². The summed E-state index contributed by atoms with van der Waals surface area (Å²) in [6.07, 6.45) is 0. The van der Waals surface area contributed by atoms with Crippen LogP contribution < -0.4 is 5.73 Å². The van der Waals surface area contributed by atoms with E-state index < -0.39 is 22.7 Å². The second-order valence-electron chi connectivity index (χ2n) is 6.07. The number of nitrogens with zero attached hydrogens (tertiary/aromatic N) is 3. The maximum Gasteiger partial charge on any atom is 0.293 e. The minimum Gasteiger partial charge on any atom is -0.386 e. The predicted molar refractivity (Wildman–Crippen MR) is 87.6 cm³/mol. The number of ether oxygens (including phenoxy) is 2. The molecule has 1 heterocycles. The Hall–Kier alpha value is -2.41. The molecule has 1 aliphatic carbocycles. The van der Waals surface area contributed by atoms with E-state index in [0.717, 1.165) is 11.1 Å². The Morgan fingerprint density at radius 1 is 1.17 bits per heavy atom. The molecule has 0 spiro atoms. The molecular formula is C18H20N4O2. The summed E-state index contributed by atoms with van der Waals surface area (Å²) in [5.41, 5.74) is 5.55. The maximum absolute atomic E-state index is 10.1. The first-order chi connectivity index (χ1) is 11.5. The summed E-state index contributed by atoms with van der Waals surface area (Å²) in [7, 11) is 0. The molecule has 2 N–H and O–H groups in total. The first-order valence-corrected chi connectivity index (χ1v) is 8.03. The zero-order valence-electron chi connectivity index (χ0n) is 14.0. The third-order valence-corrected chi connectivity index (χ3v) is 5.11. The first-order valence-electron chi connectivity index (χ1n) is 8.03. The van der Waals surface area contributed by atoms with Gasteiger partial charge in [-0.25, -0.2) is 4.99 Å². The average Bonchev–Trinajstić information content (AvgIpc) is 3.14. The molecule has 0 unspecified atom stereocenters. The van der Waals surface area contributed by atoms with Crippen molar-refractivity contribution < 1.29 is 9.47 Å². The molecule has 124 valence electrons. The highest BCUT2D eigenvalue weighted by atomic mass is 16.7. The highest BCUT2D eigenvalue weighted by molar-refractivity contribution is 6.00. The van der Waals surface area contributed by atoms with Gasteiger partial charge >= 0.3 is 0 Å². The van der Waals surface area contributed by atoms with Crippen LogP contribution in [0.15, 0.2) is 29.3 Å². The minimum absolute atomic E-state index is 0.113. The number of fused-ring (bicyclic) bond motifs is 1. The summed E-state index contributed by atoms with van der Waals surface area (Å²) < 4.78 is 11.6. The Balaban J connectivity index is 2.25. The summed E-state index contributed by atoms with van der Waals surface area (Å²) in [6, 6.07) is 12.3. The highest BCUT2D eigenvalue weighted by Gasteiger charge is 2.93. The molecule has 1 fully saturated rings. The van der Waals surface area contributed by atoms with Gasteiger partial charge in [0.05, 0.1) is 12.1 Å². The van der Waals surface area contributed by atoms with Crippen LogP contribution in [0.2, 0.25) is 0 Å². The van der Waals surface area contributed by atoms with Crippen molar-refractivity contribution >= 4 is 5.84 Å². The number of nitrogens with two attached hydrogens (primary N) is 1. The van der Waals surface area contributed by atoms with Gasteiger partial charge in [-0.15, -0.1) is 0 Å². The number of benzene rings is 1. The lowest BCUT2D eigenvalue weighted by Gasteiger charge is -2.31. The predicted octanol–water partition coefficient (Wildman–Crippen LogP) is 2.21. The maximum atomic E-state index is 10.1. The molecule has 0 bridgehead atoms. The number of hydrogen-bond donors (Lipinski definition) is 1. The second-order valence-corrected chi connectivity index (χ2v) is 6.07. The first kappa shape index (κ1) is 16.4. The summed E-state index contributed by atoms with van der Waals surface area (Å²) in [4.78, 5) is 4.33. The summed E-state index contributed by atoms with van der Waals surface area (Å²) >= 11 is 0. The summed E-state index contributed by atoms with van der Waals surface area (Å²) in [5.74, 6) is -1.86. The molecule has 1 saturated carbocycles. The largest absolute Gasteiger partial charge is 0.386 e. The SMILES string of the molecule is CCOC1(OCC)N=C(N)[C@]2(C#N)[C@H](c3ccccc3C)[C@]12C#N. The van der Waals surface area contributed by atoms with Crippen LogP contribution in [0, 0.1) is 40.4 Å². The molecule has 3 rings (SSSR count). The highest BCUT2D eigenvalue weighted by Crippen LogP contribution is 2.82. The minimum atomic E-state index is -1.54. The van der Waals surface area contributed by atoms with E-state index >= 15 is 0 Å². The van der Waals surface area contributed by atoms with E-state index in [4.69, 9.17) is 15.2 Å². The van der Waals surface area contributed by atoms with E-state index in [0.29, 0.717) is 13.2 Å². The van der Waals surface area contributed by atoms with Gasteiger partial charge in [0.25, 0.3) is 5.91 Å². The molecule has 1 aliphatic heterocycles. The number of amidine groups is 1. The van der Waals surface area contributed by atoms with Crippen LogP contribution in [0.1, 0.15) is 30.9 Å². The van der Waals surface area contributed by atoms with Crippen LogP contribution in [0.4, 0.5) is 0 Å². The van der Waals surface area contributed by atoms with Crippen LogP contribution >= 0.6 is 0 Å². The van der Waals surface area contributed by atoms with Gasteiger partial charge in [-0.2, -0.15) is 10.5 Å². The summed E-state index contributed by atoms with van der Waals surface area (Å²) in [6.45, 7) is 6.14. The van der Waals surface area contributed by atoms with Crippen LogP contribution in [0.5, 0.6) is 0 Å². The third-order valence-electron chi connectivity index (χ3n) is 5.11. The molecule has 1 aromatic carbocycles. The molecule has 24 heavy (non-hydrogen) atoms. The van der Waals surface area contributed by atoms with Gasteiger partial charge in [0.2, 0.25) is 0 Å². The number of hydrogen-bond acceptors (Lipinski definition) is 6. The van der Waals surface area contributed by atoms with Gasteiger partial charge in [-0.1, -0.05) is 24.3 Å². The lowest BCUT2D eigenvalue weighted by atomic mass is 9.93. The zero-order valence-corrected chi connectivity index (χ0v) is 14.0. The Bertz CT molecular complexity index is 785. The Kier molecular flexibility index (Phi) is 3.64. The number of nitriles is 2. The van der Waals surface area contributed by atoms with Crippen molar-refractivity contribution in [2.75, 3.05) is 13.2 Å². The van der Waals surface area contributed by atoms with Gasteiger partial charge in [-0.3, -0.25) is 0 Å². The van der Waals surface area contributed by atoms with Gasteiger partial charge in [0.1, 0.15) is 11.3 Å². The monoisotopic (exact) mass is 324 g/mol. The Labute approximate surface area is 141 Å². The van der Waals surface area contributed by atoms with Gasteiger partial charge in [0.15, 0.2) is 5.41 Å². The fraction of sp³-hybridized carbons (Fsp3) is 0.500. The molecule has 2 aliphatic rings. The van der Waals surface area contributed by atoms with E-state index in [1.165, 1.54) is 0 Å². The van der Waals surface area contributed by atoms with Crippen molar-refractivity contribution in [2.45, 2.75) is 32.6 Å². The third kappa shape index (κ3) is 1.57. The molecule has 0 saturated heterocycles. The fourth-order valence-electron chi connectivity index (χ4n) is 4.13. The van der Waals surface area contributed by atoms with Crippen LogP contribution in [0.25, 0.3) is 0 Å². The lowest BCUT2D eigenvalue weighted by Crippen LogP contribution is -2.43. The zero-order chi connectivity index (χ0) is 17.6. The van der Waals surface area contributed by atoms with Crippen molar-refractivity contribution in [3.63, 3.8) is 0 Å². The van der Waals surface area contributed by atoms with Crippen molar-refractivity contribution in [1.82, 2.24) is 0 Å². The van der Waals surface area contributed by atoms with Crippen molar-refractivity contribution in [3.05, 3.63) is 35.4 Å². The van der Waals surface area contributed by atoms with Crippen LogP contribution in [-0.2, 0) is 9.47 Å². The fourth-order valence-corrected chi connectivity index (χ4v) is 4.13. The number of rotatable bonds is 5. The molecule has 1 aromatic rings. The normalized spacial score (nSPS) is 32.4. The van der Waals surface area contributed by atoms with Crippen molar-refractivity contribution in [1.29, 1.82) is 10.5 Å². The second kappa shape index (κ2) is 5.31. The van der Waals surface area contributed by atoms with Crippen LogP contribution in [0.3, 0.4) is 0 Å².